The van der Waals surface area contributed by atoms with Gasteiger partial charge in [0.1, 0.15) is 0 Å². The zero-order valence-electron chi connectivity index (χ0n) is 14.3. The predicted octanol–water partition coefficient (Wildman–Crippen LogP) is 0.744. The molecular formula is C15H22N4O4S2. The van der Waals surface area contributed by atoms with E-state index in [4.69, 9.17) is 4.74 Å². The van der Waals surface area contributed by atoms with Crippen LogP contribution in [0.4, 0.5) is 0 Å². The standard InChI is InChI=1S/C15H22N4O4S2/c1-15(2,3)13-7-19(18-16-13)6-12-14(11(20)8-23-12)17-25(21,22)10-4-5-24-9-10/h4-5,7,9,11-12,14,17,20H,6,8H2,1-3H3/t11-,12+,14+/m0/s1. The summed E-state index contributed by atoms with van der Waals surface area (Å²) in [6.45, 7) is 6.48. The zero-order valence-corrected chi connectivity index (χ0v) is 15.9. The van der Waals surface area contributed by atoms with Crippen molar-refractivity contribution in [2.45, 2.75) is 55.9 Å². The van der Waals surface area contributed by atoms with Gasteiger partial charge in [-0.15, -0.1) is 5.10 Å². The SMILES string of the molecule is CC(C)(C)c1cn(C[C@H]2OC[C@H](O)[C@H]2NS(=O)(=O)c2ccsc2)nn1. The Morgan fingerprint density at radius 3 is 2.84 bits per heavy atom. The van der Waals surface area contributed by atoms with Gasteiger partial charge in [0.05, 0.1) is 42.0 Å². The second-order valence-electron chi connectivity index (χ2n) is 7.12. The molecule has 0 radical (unpaired) electrons. The molecule has 8 nitrogen and oxygen atoms in total. The quantitative estimate of drug-likeness (QED) is 0.785. The highest BCUT2D eigenvalue weighted by molar-refractivity contribution is 7.89. The number of sulfonamides is 1. The van der Waals surface area contributed by atoms with Gasteiger partial charge in [-0.3, -0.25) is 0 Å². The lowest BCUT2D eigenvalue weighted by molar-refractivity contribution is 0.0753. The molecule has 3 rings (SSSR count). The zero-order chi connectivity index (χ0) is 18.2. The summed E-state index contributed by atoms with van der Waals surface area (Å²) in [5, 5.41) is 21.6. The van der Waals surface area contributed by atoms with Crippen LogP contribution in [0.1, 0.15) is 26.5 Å². The minimum absolute atomic E-state index is 0.0717. The molecule has 0 spiro atoms. The monoisotopic (exact) mass is 386 g/mol. The van der Waals surface area contributed by atoms with E-state index in [9.17, 15) is 13.5 Å². The van der Waals surface area contributed by atoms with Gasteiger partial charge in [-0.1, -0.05) is 26.0 Å². The number of hydrogen-bond donors (Lipinski definition) is 2. The molecule has 1 saturated heterocycles. The Kier molecular flexibility index (Phi) is 5.00. The van der Waals surface area contributed by atoms with Crippen molar-refractivity contribution in [2.24, 2.45) is 0 Å². The van der Waals surface area contributed by atoms with Crippen LogP contribution < -0.4 is 4.72 Å². The van der Waals surface area contributed by atoms with Crippen molar-refractivity contribution in [3.05, 3.63) is 28.7 Å². The molecule has 2 aromatic heterocycles. The number of nitrogens with one attached hydrogen (secondary N) is 1. The molecule has 138 valence electrons. The van der Waals surface area contributed by atoms with Gasteiger partial charge in [0, 0.05) is 17.0 Å². The van der Waals surface area contributed by atoms with Crippen LogP contribution in [0.2, 0.25) is 0 Å². The van der Waals surface area contributed by atoms with Crippen LogP contribution in [0.15, 0.2) is 27.9 Å². The highest BCUT2D eigenvalue weighted by atomic mass is 32.2. The lowest BCUT2D eigenvalue weighted by Crippen LogP contribution is -2.47. The maximum Gasteiger partial charge on any atom is 0.241 e. The van der Waals surface area contributed by atoms with Crippen LogP contribution in [0.5, 0.6) is 0 Å². The van der Waals surface area contributed by atoms with Gasteiger partial charge in [-0.25, -0.2) is 17.8 Å². The topological polar surface area (TPSA) is 106 Å². The first-order chi connectivity index (χ1) is 11.7. The van der Waals surface area contributed by atoms with Gasteiger partial charge < -0.3 is 9.84 Å². The number of nitrogens with zero attached hydrogens (tertiary/aromatic N) is 3. The number of hydrogen-bond acceptors (Lipinski definition) is 7. The van der Waals surface area contributed by atoms with Crippen molar-refractivity contribution < 1.29 is 18.3 Å². The molecule has 1 aliphatic rings. The number of aliphatic hydroxyl groups excluding tert-OH is 1. The van der Waals surface area contributed by atoms with Gasteiger partial charge in [0.15, 0.2) is 0 Å². The summed E-state index contributed by atoms with van der Waals surface area (Å²) >= 11 is 1.30. The molecule has 2 N–H and O–H groups in total. The highest BCUT2D eigenvalue weighted by Crippen LogP contribution is 2.22. The Hall–Kier alpha value is -1.33. The van der Waals surface area contributed by atoms with E-state index in [0.717, 1.165) is 5.69 Å². The minimum atomic E-state index is -3.70. The van der Waals surface area contributed by atoms with E-state index in [1.807, 2.05) is 27.0 Å². The fourth-order valence-electron chi connectivity index (χ4n) is 2.57. The average Bonchev–Trinajstić information content (AvgIpc) is 3.23. The molecule has 0 amide bonds. The van der Waals surface area contributed by atoms with Crippen LogP contribution in [-0.4, -0.2) is 53.4 Å². The van der Waals surface area contributed by atoms with E-state index in [1.165, 1.54) is 17.4 Å². The van der Waals surface area contributed by atoms with Crippen molar-refractivity contribution in [2.75, 3.05) is 6.61 Å². The van der Waals surface area contributed by atoms with Crippen LogP contribution >= 0.6 is 11.3 Å². The van der Waals surface area contributed by atoms with E-state index in [0.29, 0.717) is 6.54 Å². The smallest absolute Gasteiger partial charge is 0.241 e. The van der Waals surface area contributed by atoms with Crippen LogP contribution in [0.25, 0.3) is 0 Å². The third-order valence-corrected chi connectivity index (χ3v) is 6.36. The molecule has 3 heterocycles. The Labute approximate surface area is 150 Å². The van der Waals surface area contributed by atoms with Gasteiger partial charge in [0.25, 0.3) is 0 Å². The Bertz CT molecular complexity index is 811. The minimum Gasteiger partial charge on any atom is -0.389 e. The van der Waals surface area contributed by atoms with Gasteiger partial charge in [0.2, 0.25) is 10.0 Å². The molecule has 0 saturated carbocycles. The van der Waals surface area contributed by atoms with Crippen LogP contribution in [0.3, 0.4) is 0 Å². The molecule has 2 aromatic rings. The normalized spacial score (nSPS) is 24.7. The largest absolute Gasteiger partial charge is 0.389 e. The fourth-order valence-corrected chi connectivity index (χ4v) is 4.89. The molecule has 0 bridgehead atoms. The molecule has 1 fully saturated rings. The molecule has 0 unspecified atom stereocenters. The van der Waals surface area contributed by atoms with E-state index in [2.05, 4.69) is 15.0 Å². The molecule has 3 atom stereocenters. The molecule has 0 aliphatic carbocycles. The number of rotatable bonds is 5. The van der Waals surface area contributed by atoms with E-state index in [1.54, 1.807) is 15.4 Å². The third-order valence-electron chi connectivity index (χ3n) is 4.07. The van der Waals surface area contributed by atoms with E-state index in [-0.39, 0.29) is 16.9 Å². The van der Waals surface area contributed by atoms with Crippen molar-refractivity contribution in [1.29, 1.82) is 0 Å². The summed E-state index contributed by atoms with van der Waals surface area (Å²) in [6.07, 6.45) is 0.375. The second-order valence-corrected chi connectivity index (χ2v) is 9.62. The molecule has 1 aliphatic heterocycles. The van der Waals surface area contributed by atoms with E-state index < -0.39 is 28.3 Å². The summed E-state index contributed by atoms with van der Waals surface area (Å²) in [5.74, 6) is 0. The van der Waals surface area contributed by atoms with Crippen LogP contribution in [0, 0.1) is 0 Å². The summed E-state index contributed by atoms with van der Waals surface area (Å²) in [5.41, 5.74) is 0.704. The molecule has 10 heteroatoms. The number of ether oxygens (including phenoxy) is 1. The predicted molar refractivity (Wildman–Crippen MR) is 92.9 cm³/mol. The Morgan fingerprint density at radius 2 is 2.24 bits per heavy atom. The summed E-state index contributed by atoms with van der Waals surface area (Å²) in [6, 6.07) is 0.782. The van der Waals surface area contributed by atoms with Crippen LogP contribution in [-0.2, 0) is 26.7 Å². The van der Waals surface area contributed by atoms with Crippen molar-refractivity contribution in [1.82, 2.24) is 19.7 Å². The first kappa shape index (κ1) is 18.5. The maximum atomic E-state index is 12.4. The van der Waals surface area contributed by atoms with Crippen molar-refractivity contribution >= 4 is 21.4 Å². The molecule has 25 heavy (non-hydrogen) atoms. The average molecular weight is 386 g/mol. The van der Waals surface area contributed by atoms with E-state index >= 15 is 0 Å². The van der Waals surface area contributed by atoms with Gasteiger partial charge in [-0.05, 0) is 11.4 Å². The third kappa shape index (κ3) is 4.09. The molecule has 0 aromatic carbocycles. The first-order valence-electron chi connectivity index (χ1n) is 7.91. The summed E-state index contributed by atoms with van der Waals surface area (Å²) < 4.78 is 34.6. The van der Waals surface area contributed by atoms with Gasteiger partial charge in [-0.2, -0.15) is 11.3 Å². The lowest BCUT2D eigenvalue weighted by atomic mass is 9.93. The Balaban J connectivity index is 1.74. The highest BCUT2D eigenvalue weighted by Gasteiger charge is 2.39. The number of aromatic nitrogens is 3. The number of thiophene rings is 1. The number of aliphatic hydroxyl groups is 1. The Morgan fingerprint density at radius 1 is 1.48 bits per heavy atom. The lowest BCUT2D eigenvalue weighted by Gasteiger charge is -2.21. The van der Waals surface area contributed by atoms with Gasteiger partial charge >= 0.3 is 0 Å². The summed E-state index contributed by atoms with van der Waals surface area (Å²) in [4.78, 5) is 0.186. The second kappa shape index (κ2) is 6.76. The fraction of sp³-hybridized carbons (Fsp3) is 0.600. The molecular weight excluding hydrogens is 364 g/mol. The summed E-state index contributed by atoms with van der Waals surface area (Å²) in [7, 11) is -3.70. The van der Waals surface area contributed by atoms with Crippen molar-refractivity contribution in [3.63, 3.8) is 0 Å². The van der Waals surface area contributed by atoms with Crippen molar-refractivity contribution in [3.8, 4) is 0 Å². The maximum absolute atomic E-state index is 12.4. The first-order valence-corrected chi connectivity index (χ1v) is 10.3.